The average molecular weight is 228 g/mol. The van der Waals surface area contributed by atoms with E-state index in [2.05, 4.69) is 25.8 Å². The first-order valence-electron chi connectivity index (χ1n) is 6.04. The molecule has 1 fully saturated rings. The van der Waals surface area contributed by atoms with Gasteiger partial charge in [-0.15, -0.1) is 0 Å². The molecule has 0 aromatic heterocycles. The first kappa shape index (κ1) is 13.5. The number of rotatable bonds is 4. The summed E-state index contributed by atoms with van der Waals surface area (Å²) in [6.07, 6.45) is 0.960. The van der Waals surface area contributed by atoms with Crippen LogP contribution >= 0.6 is 0 Å². The molecule has 0 unspecified atom stereocenters. The Morgan fingerprint density at radius 2 is 2.06 bits per heavy atom. The molecule has 0 N–H and O–H groups in total. The summed E-state index contributed by atoms with van der Waals surface area (Å²) in [5.74, 6) is 0.120. The Hall–Kier alpha value is -0.610. The van der Waals surface area contributed by atoms with Crippen LogP contribution in [0, 0.1) is 0 Å². The highest BCUT2D eigenvalue weighted by Gasteiger charge is 2.32. The summed E-state index contributed by atoms with van der Waals surface area (Å²) < 4.78 is 5.29. The second-order valence-electron chi connectivity index (χ2n) is 5.10. The molecule has 0 aliphatic carbocycles. The molecule has 0 aromatic carbocycles. The monoisotopic (exact) mass is 228 g/mol. The third-order valence-electron chi connectivity index (χ3n) is 3.24. The van der Waals surface area contributed by atoms with Crippen molar-refractivity contribution in [3.05, 3.63) is 0 Å². The van der Waals surface area contributed by atoms with Crippen molar-refractivity contribution in [2.24, 2.45) is 0 Å². The second kappa shape index (κ2) is 5.64. The standard InChI is InChI=1S/C12H24N2O2/c1-5-8-16-9-11(15)14-7-6-13(4)12(2,3)10-14/h5-10H2,1-4H3. The molecular weight excluding hydrogens is 204 g/mol. The Balaban J connectivity index is 2.40. The van der Waals surface area contributed by atoms with Gasteiger partial charge in [-0.1, -0.05) is 6.92 Å². The fraction of sp³-hybridized carbons (Fsp3) is 0.917. The SMILES string of the molecule is CCCOCC(=O)N1CCN(C)C(C)(C)C1. The number of nitrogens with zero attached hydrogens (tertiary/aromatic N) is 2. The molecular formula is C12H24N2O2. The van der Waals surface area contributed by atoms with E-state index in [1.54, 1.807) is 0 Å². The Morgan fingerprint density at radius 1 is 1.38 bits per heavy atom. The van der Waals surface area contributed by atoms with Crippen molar-refractivity contribution < 1.29 is 9.53 Å². The number of hydrogen-bond acceptors (Lipinski definition) is 3. The van der Waals surface area contributed by atoms with E-state index in [4.69, 9.17) is 4.74 Å². The van der Waals surface area contributed by atoms with Crippen molar-refractivity contribution >= 4 is 5.91 Å². The Kier molecular flexibility index (Phi) is 4.74. The van der Waals surface area contributed by atoms with Crippen LogP contribution in [0.15, 0.2) is 0 Å². The Bertz CT molecular complexity index is 241. The molecule has 0 aromatic rings. The van der Waals surface area contributed by atoms with Crippen molar-refractivity contribution in [1.29, 1.82) is 0 Å². The molecule has 1 rings (SSSR count). The maximum atomic E-state index is 11.8. The number of carbonyl (C=O) groups is 1. The van der Waals surface area contributed by atoms with Crippen molar-refractivity contribution in [3.8, 4) is 0 Å². The molecule has 0 saturated carbocycles. The van der Waals surface area contributed by atoms with E-state index in [1.165, 1.54) is 0 Å². The van der Waals surface area contributed by atoms with Crippen LogP contribution in [-0.4, -0.2) is 61.1 Å². The summed E-state index contributed by atoms with van der Waals surface area (Å²) in [7, 11) is 2.11. The molecule has 0 spiro atoms. The van der Waals surface area contributed by atoms with Crippen molar-refractivity contribution in [2.75, 3.05) is 39.9 Å². The average Bonchev–Trinajstić information content (AvgIpc) is 2.22. The molecule has 94 valence electrons. The minimum Gasteiger partial charge on any atom is -0.372 e. The van der Waals surface area contributed by atoms with Crippen LogP contribution in [0.25, 0.3) is 0 Å². The lowest BCUT2D eigenvalue weighted by molar-refractivity contribution is -0.140. The van der Waals surface area contributed by atoms with Gasteiger partial charge >= 0.3 is 0 Å². The molecule has 1 amide bonds. The third-order valence-corrected chi connectivity index (χ3v) is 3.24. The van der Waals surface area contributed by atoms with Gasteiger partial charge in [-0.2, -0.15) is 0 Å². The maximum absolute atomic E-state index is 11.8. The molecule has 1 aliphatic heterocycles. The van der Waals surface area contributed by atoms with Crippen LogP contribution in [0.2, 0.25) is 0 Å². The largest absolute Gasteiger partial charge is 0.372 e. The molecule has 0 radical (unpaired) electrons. The smallest absolute Gasteiger partial charge is 0.248 e. The van der Waals surface area contributed by atoms with Gasteiger partial charge in [0.2, 0.25) is 5.91 Å². The van der Waals surface area contributed by atoms with Gasteiger partial charge in [0.1, 0.15) is 6.61 Å². The Morgan fingerprint density at radius 3 is 2.62 bits per heavy atom. The van der Waals surface area contributed by atoms with E-state index < -0.39 is 0 Å². The van der Waals surface area contributed by atoms with Crippen LogP contribution in [0.1, 0.15) is 27.2 Å². The van der Waals surface area contributed by atoms with Crippen molar-refractivity contribution in [1.82, 2.24) is 9.80 Å². The van der Waals surface area contributed by atoms with E-state index in [0.29, 0.717) is 6.61 Å². The first-order chi connectivity index (χ1) is 7.47. The molecule has 16 heavy (non-hydrogen) atoms. The Labute approximate surface area is 98.5 Å². The van der Waals surface area contributed by atoms with Gasteiger partial charge in [0.15, 0.2) is 0 Å². The number of hydrogen-bond donors (Lipinski definition) is 0. The lowest BCUT2D eigenvalue weighted by Gasteiger charge is -2.45. The van der Waals surface area contributed by atoms with Crippen LogP contribution in [-0.2, 0) is 9.53 Å². The number of amides is 1. The molecule has 4 heteroatoms. The van der Waals surface area contributed by atoms with Crippen LogP contribution in [0.4, 0.5) is 0 Å². The van der Waals surface area contributed by atoms with E-state index in [1.807, 2.05) is 11.8 Å². The lowest BCUT2D eigenvalue weighted by atomic mass is 10.00. The van der Waals surface area contributed by atoms with Gasteiger partial charge in [0.25, 0.3) is 0 Å². The second-order valence-corrected chi connectivity index (χ2v) is 5.10. The van der Waals surface area contributed by atoms with Gasteiger partial charge in [0.05, 0.1) is 0 Å². The van der Waals surface area contributed by atoms with E-state index in [0.717, 1.165) is 26.1 Å². The highest BCUT2D eigenvalue weighted by molar-refractivity contribution is 5.77. The molecule has 0 atom stereocenters. The van der Waals surface area contributed by atoms with E-state index in [9.17, 15) is 4.79 Å². The highest BCUT2D eigenvalue weighted by atomic mass is 16.5. The number of likely N-dealkylation sites (N-methyl/N-ethyl adjacent to an activating group) is 1. The summed E-state index contributed by atoms with van der Waals surface area (Å²) in [6, 6.07) is 0. The summed E-state index contributed by atoms with van der Waals surface area (Å²) >= 11 is 0. The first-order valence-corrected chi connectivity index (χ1v) is 6.04. The van der Waals surface area contributed by atoms with Crippen LogP contribution in [0.3, 0.4) is 0 Å². The van der Waals surface area contributed by atoms with Gasteiger partial charge in [-0.05, 0) is 27.3 Å². The van der Waals surface area contributed by atoms with Crippen molar-refractivity contribution in [3.63, 3.8) is 0 Å². The predicted octanol–water partition coefficient (Wildman–Crippen LogP) is 0.966. The van der Waals surface area contributed by atoms with Gasteiger partial charge in [-0.3, -0.25) is 9.69 Å². The summed E-state index contributed by atoms with van der Waals surface area (Å²) in [6.45, 7) is 9.82. The molecule has 4 nitrogen and oxygen atoms in total. The number of ether oxygens (including phenoxy) is 1. The van der Waals surface area contributed by atoms with Gasteiger partial charge in [0, 0.05) is 31.8 Å². The topological polar surface area (TPSA) is 32.8 Å². The molecule has 1 saturated heterocycles. The summed E-state index contributed by atoms with van der Waals surface area (Å²) in [4.78, 5) is 16.1. The maximum Gasteiger partial charge on any atom is 0.248 e. The fourth-order valence-electron chi connectivity index (χ4n) is 1.85. The molecule has 0 bridgehead atoms. The minimum atomic E-state index is 0.0681. The zero-order valence-corrected chi connectivity index (χ0v) is 11.0. The third kappa shape index (κ3) is 3.46. The number of piperazine rings is 1. The number of carbonyl (C=O) groups excluding carboxylic acids is 1. The minimum absolute atomic E-state index is 0.0681. The van der Waals surface area contributed by atoms with E-state index >= 15 is 0 Å². The zero-order valence-electron chi connectivity index (χ0n) is 11.0. The lowest BCUT2D eigenvalue weighted by Crippen LogP contribution is -2.59. The van der Waals surface area contributed by atoms with Crippen molar-refractivity contribution in [2.45, 2.75) is 32.7 Å². The summed E-state index contributed by atoms with van der Waals surface area (Å²) in [5, 5.41) is 0. The van der Waals surface area contributed by atoms with Crippen LogP contribution < -0.4 is 0 Å². The highest BCUT2D eigenvalue weighted by Crippen LogP contribution is 2.18. The predicted molar refractivity (Wildman–Crippen MR) is 64.4 cm³/mol. The molecule has 1 aliphatic rings. The summed E-state index contributed by atoms with van der Waals surface area (Å²) in [5.41, 5.74) is 0.0681. The molecule has 1 heterocycles. The normalized spacial score (nSPS) is 21.1. The van der Waals surface area contributed by atoms with Crippen LogP contribution in [0.5, 0.6) is 0 Å². The zero-order chi connectivity index (χ0) is 12.2. The quantitative estimate of drug-likeness (QED) is 0.672. The van der Waals surface area contributed by atoms with Gasteiger partial charge in [-0.25, -0.2) is 0 Å². The van der Waals surface area contributed by atoms with Gasteiger partial charge < -0.3 is 9.64 Å². The van der Waals surface area contributed by atoms with E-state index in [-0.39, 0.29) is 18.1 Å². The fourth-order valence-corrected chi connectivity index (χ4v) is 1.85.